The van der Waals surface area contributed by atoms with Gasteiger partial charge in [-0.15, -0.1) is 0 Å². The number of aromatic nitrogens is 5. The molecular formula is C17H20N6. The van der Waals surface area contributed by atoms with Gasteiger partial charge in [-0.25, -0.2) is 15.0 Å². The van der Waals surface area contributed by atoms with Gasteiger partial charge in [0.15, 0.2) is 5.82 Å². The first-order chi connectivity index (χ1) is 11.2. The van der Waals surface area contributed by atoms with E-state index < -0.39 is 0 Å². The number of rotatable bonds is 6. The maximum Gasteiger partial charge on any atom is 0.163 e. The van der Waals surface area contributed by atoms with Crippen molar-refractivity contribution in [1.82, 2.24) is 24.5 Å². The van der Waals surface area contributed by atoms with Gasteiger partial charge in [0.2, 0.25) is 0 Å². The van der Waals surface area contributed by atoms with Crippen LogP contribution in [0.15, 0.2) is 49.3 Å². The van der Waals surface area contributed by atoms with Crippen LogP contribution in [0.25, 0.3) is 11.4 Å². The number of hydrogen-bond acceptors (Lipinski definition) is 5. The van der Waals surface area contributed by atoms with Crippen molar-refractivity contribution in [2.75, 3.05) is 18.5 Å². The third-order valence-corrected chi connectivity index (χ3v) is 3.62. The highest BCUT2D eigenvalue weighted by molar-refractivity contribution is 5.56. The Labute approximate surface area is 135 Å². The molecule has 0 fully saturated rings. The minimum Gasteiger partial charge on any atom is -0.359 e. The van der Waals surface area contributed by atoms with E-state index in [1.807, 2.05) is 37.6 Å². The molecular weight excluding hydrogens is 288 g/mol. The van der Waals surface area contributed by atoms with Gasteiger partial charge in [-0.1, -0.05) is 0 Å². The molecule has 3 aromatic heterocycles. The summed E-state index contributed by atoms with van der Waals surface area (Å²) < 4.78 is 2.08. The van der Waals surface area contributed by atoms with Crippen molar-refractivity contribution in [3.05, 3.63) is 55.0 Å². The average molecular weight is 308 g/mol. The van der Waals surface area contributed by atoms with Crippen molar-refractivity contribution in [2.24, 2.45) is 0 Å². The van der Waals surface area contributed by atoms with Crippen LogP contribution < -0.4 is 4.90 Å². The largest absolute Gasteiger partial charge is 0.359 e. The highest BCUT2D eigenvalue weighted by Crippen LogP contribution is 2.18. The van der Waals surface area contributed by atoms with Gasteiger partial charge in [0.25, 0.3) is 0 Å². The van der Waals surface area contributed by atoms with E-state index in [1.165, 1.54) is 0 Å². The van der Waals surface area contributed by atoms with E-state index in [4.69, 9.17) is 0 Å². The summed E-state index contributed by atoms with van der Waals surface area (Å²) in [5, 5.41) is 0. The van der Waals surface area contributed by atoms with Crippen molar-refractivity contribution < 1.29 is 0 Å². The van der Waals surface area contributed by atoms with Crippen molar-refractivity contribution in [3.63, 3.8) is 0 Å². The third kappa shape index (κ3) is 3.91. The van der Waals surface area contributed by atoms with Crippen LogP contribution in [0.2, 0.25) is 0 Å². The van der Waals surface area contributed by atoms with Gasteiger partial charge in [0.1, 0.15) is 5.82 Å². The minimum absolute atomic E-state index is 0.717. The Kier molecular flexibility index (Phi) is 4.61. The number of imidazole rings is 1. The van der Waals surface area contributed by atoms with Crippen molar-refractivity contribution in [1.29, 1.82) is 0 Å². The molecule has 0 aromatic carbocycles. The summed E-state index contributed by atoms with van der Waals surface area (Å²) >= 11 is 0. The Morgan fingerprint density at radius 3 is 2.83 bits per heavy atom. The normalized spacial score (nSPS) is 10.7. The molecule has 6 heteroatoms. The molecule has 0 aliphatic heterocycles. The molecule has 0 aliphatic carbocycles. The molecule has 3 aromatic rings. The molecule has 0 atom stereocenters. The predicted molar refractivity (Wildman–Crippen MR) is 90.1 cm³/mol. The second-order valence-corrected chi connectivity index (χ2v) is 5.51. The SMILES string of the molecule is Cc1cc(N(C)CCCn2ccnc2)nc(-c2cccnc2)n1. The molecule has 0 amide bonds. The lowest BCUT2D eigenvalue weighted by Crippen LogP contribution is -2.21. The highest BCUT2D eigenvalue weighted by Gasteiger charge is 2.08. The van der Waals surface area contributed by atoms with Crippen molar-refractivity contribution in [2.45, 2.75) is 19.9 Å². The second kappa shape index (κ2) is 7.00. The first kappa shape index (κ1) is 15.1. The molecule has 118 valence electrons. The van der Waals surface area contributed by atoms with Gasteiger partial charge >= 0.3 is 0 Å². The molecule has 3 rings (SSSR count). The molecule has 23 heavy (non-hydrogen) atoms. The van der Waals surface area contributed by atoms with E-state index in [2.05, 4.69) is 36.5 Å². The molecule has 0 saturated carbocycles. The van der Waals surface area contributed by atoms with E-state index in [0.29, 0.717) is 0 Å². The lowest BCUT2D eigenvalue weighted by atomic mass is 10.2. The van der Waals surface area contributed by atoms with Gasteiger partial charge in [-0.05, 0) is 25.5 Å². The Bertz CT molecular complexity index is 739. The Hall–Kier alpha value is -2.76. The van der Waals surface area contributed by atoms with Gasteiger partial charge in [-0.3, -0.25) is 4.98 Å². The maximum absolute atomic E-state index is 4.68. The number of pyridine rings is 1. The van der Waals surface area contributed by atoms with Crippen LogP contribution in [0.5, 0.6) is 0 Å². The summed E-state index contributed by atoms with van der Waals surface area (Å²) in [4.78, 5) is 19.5. The van der Waals surface area contributed by atoms with Gasteiger partial charge in [0.05, 0.1) is 6.33 Å². The molecule has 3 heterocycles. The fraction of sp³-hybridized carbons (Fsp3) is 0.294. The Balaban J connectivity index is 1.70. The average Bonchev–Trinajstić information content (AvgIpc) is 3.08. The monoisotopic (exact) mass is 308 g/mol. The molecule has 0 radical (unpaired) electrons. The number of nitrogens with zero attached hydrogens (tertiary/aromatic N) is 6. The molecule has 0 unspecified atom stereocenters. The fourth-order valence-electron chi connectivity index (χ4n) is 2.40. The lowest BCUT2D eigenvalue weighted by Gasteiger charge is -2.19. The number of anilines is 1. The van der Waals surface area contributed by atoms with E-state index in [1.54, 1.807) is 18.6 Å². The zero-order valence-corrected chi connectivity index (χ0v) is 13.4. The molecule has 0 bridgehead atoms. The maximum atomic E-state index is 4.68. The van der Waals surface area contributed by atoms with E-state index >= 15 is 0 Å². The van der Waals surface area contributed by atoms with Crippen LogP contribution in [0.4, 0.5) is 5.82 Å². The van der Waals surface area contributed by atoms with E-state index in [0.717, 1.165) is 42.4 Å². The van der Waals surface area contributed by atoms with Gasteiger partial charge < -0.3 is 9.47 Å². The second-order valence-electron chi connectivity index (χ2n) is 5.51. The zero-order valence-electron chi connectivity index (χ0n) is 13.4. The van der Waals surface area contributed by atoms with E-state index in [9.17, 15) is 0 Å². The molecule has 0 saturated heterocycles. The molecule has 0 N–H and O–H groups in total. The van der Waals surface area contributed by atoms with Crippen LogP contribution in [0, 0.1) is 6.92 Å². The van der Waals surface area contributed by atoms with Crippen LogP contribution in [0.3, 0.4) is 0 Å². The van der Waals surface area contributed by atoms with Crippen LogP contribution in [-0.2, 0) is 6.54 Å². The summed E-state index contributed by atoms with van der Waals surface area (Å²) in [5.41, 5.74) is 1.89. The van der Waals surface area contributed by atoms with Crippen molar-refractivity contribution in [3.8, 4) is 11.4 Å². The quantitative estimate of drug-likeness (QED) is 0.700. The Morgan fingerprint density at radius 1 is 1.17 bits per heavy atom. The highest BCUT2D eigenvalue weighted by atomic mass is 15.2. The summed E-state index contributed by atoms with van der Waals surface area (Å²) in [6.45, 7) is 3.86. The van der Waals surface area contributed by atoms with Crippen LogP contribution in [0.1, 0.15) is 12.1 Å². The number of aryl methyl sites for hydroxylation is 2. The fourth-order valence-corrected chi connectivity index (χ4v) is 2.40. The van der Waals surface area contributed by atoms with Gasteiger partial charge in [-0.2, -0.15) is 0 Å². The van der Waals surface area contributed by atoms with Gasteiger partial charge in [0, 0.05) is 62.2 Å². The van der Waals surface area contributed by atoms with E-state index in [-0.39, 0.29) is 0 Å². The predicted octanol–water partition coefficient (Wildman–Crippen LogP) is 2.57. The van der Waals surface area contributed by atoms with Crippen LogP contribution in [-0.4, -0.2) is 38.1 Å². The third-order valence-electron chi connectivity index (χ3n) is 3.62. The first-order valence-corrected chi connectivity index (χ1v) is 7.65. The number of hydrogen-bond donors (Lipinski definition) is 0. The standard InChI is InChI=1S/C17H20N6/c1-14-11-16(21-17(20-14)15-5-3-6-18-12-15)22(2)8-4-9-23-10-7-19-13-23/h3,5-7,10-13H,4,8-9H2,1-2H3. The van der Waals surface area contributed by atoms with Crippen LogP contribution >= 0.6 is 0 Å². The lowest BCUT2D eigenvalue weighted by molar-refractivity contribution is 0.635. The zero-order chi connectivity index (χ0) is 16.1. The summed E-state index contributed by atoms with van der Waals surface area (Å²) in [5.74, 6) is 1.65. The smallest absolute Gasteiger partial charge is 0.163 e. The molecule has 0 aliphatic rings. The summed E-state index contributed by atoms with van der Waals surface area (Å²) in [6, 6.07) is 5.89. The first-order valence-electron chi connectivity index (χ1n) is 7.65. The summed E-state index contributed by atoms with van der Waals surface area (Å²) in [6.07, 6.45) is 10.2. The Morgan fingerprint density at radius 2 is 2.09 bits per heavy atom. The molecule has 6 nitrogen and oxygen atoms in total. The van der Waals surface area contributed by atoms with Crippen molar-refractivity contribution >= 4 is 5.82 Å². The molecule has 0 spiro atoms. The summed E-state index contributed by atoms with van der Waals surface area (Å²) in [7, 11) is 2.06. The minimum atomic E-state index is 0.717. The topological polar surface area (TPSA) is 59.7 Å².